The van der Waals surface area contributed by atoms with Crippen molar-refractivity contribution in [1.29, 1.82) is 0 Å². The number of ether oxygens (including phenoxy) is 4. The monoisotopic (exact) mass is 356 g/mol. The number of fused-ring (bicyclic) bond motifs is 1. The molecule has 5 nitrogen and oxygen atoms in total. The number of cyclic esters (lactones) is 1. The first-order chi connectivity index (χ1) is 12.7. The van der Waals surface area contributed by atoms with Gasteiger partial charge in [-0.25, -0.2) is 0 Å². The Labute approximate surface area is 153 Å². The summed E-state index contributed by atoms with van der Waals surface area (Å²) in [5, 5.41) is 0. The van der Waals surface area contributed by atoms with Crippen LogP contribution in [0.25, 0.3) is 0 Å². The Hall–Kier alpha value is -2.21. The van der Waals surface area contributed by atoms with Crippen LogP contribution in [-0.4, -0.2) is 37.7 Å². The molecule has 3 rings (SSSR count). The standard InChI is InChI=1S/C21H24O5/c1-16-7-5-6-10-20(22)24-15-19-18(23-13-16)11-12-21(26-19)25-14-17-8-3-2-4-9-17/h2-5,7-9,11-12,18-19,21H,1,6,10,13-15H2/b7-5-/t18-,19+,21-/m0/s1. The summed E-state index contributed by atoms with van der Waals surface area (Å²) in [6.07, 6.45) is 7.24. The molecular weight excluding hydrogens is 332 g/mol. The molecule has 2 aliphatic heterocycles. The van der Waals surface area contributed by atoms with Gasteiger partial charge in [-0.05, 0) is 23.6 Å². The molecule has 0 amide bonds. The first kappa shape index (κ1) is 18.6. The van der Waals surface area contributed by atoms with Gasteiger partial charge in [0.1, 0.15) is 18.8 Å². The van der Waals surface area contributed by atoms with Gasteiger partial charge in [0, 0.05) is 6.42 Å². The van der Waals surface area contributed by atoms with Gasteiger partial charge in [0.25, 0.3) is 0 Å². The number of allylic oxidation sites excluding steroid dienone is 1. The summed E-state index contributed by atoms with van der Waals surface area (Å²) < 4.78 is 22.9. The second kappa shape index (κ2) is 9.48. The topological polar surface area (TPSA) is 54.0 Å². The predicted octanol–water partition coefficient (Wildman–Crippen LogP) is 3.32. The second-order valence-corrected chi connectivity index (χ2v) is 6.28. The van der Waals surface area contributed by atoms with Gasteiger partial charge in [-0.2, -0.15) is 0 Å². The Morgan fingerprint density at radius 2 is 2.04 bits per heavy atom. The summed E-state index contributed by atoms with van der Waals surface area (Å²) in [5.74, 6) is -0.250. The second-order valence-electron chi connectivity index (χ2n) is 6.28. The summed E-state index contributed by atoms with van der Waals surface area (Å²) in [4.78, 5) is 11.8. The van der Waals surface area contributed by atoms with Crippen LogP contribution in [0.2, 0.25) is 0 Å². The van der Waals surface area contributed by atoms with Gasteiger partial charge in [0.05, 0.1) is 13.2 Å². The van der Waals surface area contributed by atoms with E-state index in [4.69, 9.17) is 18.9 Å². The third kappa shape index (κ3) is 5.66. The average molecular weight is 356 g/mol. The Kier molecular flexibility index (Phi) is 6.77. The first-order valence-corrected chi connectivity index (χ1v) is 8.81. The lowest BCUT2D eigenvalue weighted by molar-refractivity contribution is -0.197. The van der Waals surface area contributed by atoms with E-state index >= 15 is 0 Å². The van der Waals surface area contributed by atoms with Crippen molar-refractivity contribution < 1.29 is 23.7 Å². The number of carbonyl (C=O) groups is 1. The average Bonchev–Trinajstić information content (AvgIpc) is 2.67. The number of rotatable bonds is 3. The molecule has 3 atom stereocenters. The fraction of sp³-hybridized carbons (Fsp3) is 0.381. The van der Waals surface area contributed by atoms with Crippen LogP contribution in [0.15, 0.2) is 66.8 Å². The molecule has 2 heterocycles. The van der Waals surface area contributed by atoms with E-state index in [2.05, 4.69) is 6.58 Å². The van der Waals surface area contributed by atoms with Crippen molar-refractivity contribution in [3.63, 3.8) is 0 Å². The van der Waals surface area contributed by atoms with Gasteiger partial charge in [-0.1, -0.05) is 55.1 Å². The number of hydrogen-bond acceptors (Lipinski definition) is 5. The Morgan fingerprint density at radius 1 is 1.19 bits per heavy atom. The van der Waals surface area contributed by atoms with Gasteiger partial charge in [-0.3, -0.25) is 4.79 Å². The molecular formula is C21H24O5. The molecule has 5 heteroatoms. The molecule has 0 aliphatic carbocycles. The highest BCUT2D eigenvalue weighted by Gasteiger charge is 2.30. The van der Waals surface area contributed by atoms with Gasteiger partial charge < -0.3 is 18.9 Å². The zero-order valence-corrected chi connectivity index (χ0v) is 14.7. The molecule has 1 aromatic carbocycles. The number of carbonyl (C=O) groups excluding carboxylic acids is 1. The van der Waals surface area contributed by atoms with E-state index in [9.17, 15) is 4.79 Å². The third-order valence-electron chi connectivity index (χ3n) is 4.13. The minimum Gasteiger partial charge on any atom is -0.463 e. The Bertz CT molecular complexity index is 664. The number of hydrogen-bond donors (Lipinski definition) is 0. The van der Waals surface area contributed by atoms with Crippen molar-refractivity contribution in [3.8, 4) is 0 Å². The van der Waals surface area contributed by atoms with Crippen LogP contribution in [0.1, 0.15) is 18.4 Å². The lowest BCUT2D eigenvalue weighted by atomic mass is 10.1. The zero-order chi connectivity index (χ0) is 18.2. The maximum atomic E-state index is 11.8. The molecule has 0 spiro atoms. The quantitative estimate of drug-likeness (QED) is 0.614. The van der Waals surface area contributed by atoms with Gasteiger partial charge >= 0.3 is 5.97 Å². The lowest BCUT2D eigenvalue weighted by Crippen LogP contribution is -2.41. The highest BCUT2D eigenvalue weighted by Crippen LogP contribution is 2.20. The van der Waals surface area contributed by atoms with E-state index < -0.39 is 12.4 Å². The van der Waals surface area contributed by atoms with Crippen molar-refractivity contribution in [1.82, 2.24) is 0 Å². The van der Waals surface area contributed by atoms with E-state index in [1.165, 1.54) is 0 Å². The van der Waals surface area contributed by atoms with Crippen LogP contribution in [0.3, 0.4) is 0 Å². The molecule has 0 fully saturated rings. The van der Waals surface area contributed by atoms with Crippen molar-refractivity contribution in [3.05, 3.63) is 72.4 Å². The summed E-state index contributed by atoms with van der Waals surface area (Å²) in [5.41, 5.74) is 1.92. The zero-order valence-electron chi connectivity index (χ0n) is 14.7. The molecule has 0 unspecified atom stereocenters. The molecule has 0 bridgehead atoms. The first-order valence-electron chi connectivity index (χ1n) is 8.81. The summed E-state index contributed by atoms with van der Waals surface area (Å²) in [6.45, 7) is 4.93. The molecule has 0 aromatic heterocycles. The summed E-state index contributed by atoms with van der Waals surface area (Å²) in [7, 11) is 0. The molecule has 0 radical (unpaired) electrons. The minimum atomic E-state index is -0.505. The van der Waals surface area contributed by atoms with Crippen LogP contribution in [0.4, 0.5) is 0 Å². The fourth-order valence-electron chi connectivity index (χ4n) is 2.71. The van der Waals surface area contributed by atoms with Crippen molar-refractivity contribution in [2.45, 2.75) is 37.9 Å². The molecule has 0 N–H and O–H groups in total. The molecule has 0 saturated carbocycles. The number of benzene rings is 1. The molecule has 138 valence electrons. The van der Waals surface area contributed by atoms with Gasteiger partial charge in [0.15, 0.2) is 6.29 Å². The fourth-order valence-corrected chi connectivity index (χ4v) is 2.71. The normalized spacial score (nSPS) is 28.4. The Morgan fingerprint density at radius 3 is 2.88 bits per heavy atom. The third-order valence-corrected chi connectivity index (χ3v) is 4.13. The predicted molar refractivity (Wildman–Crippen MR) is 97.2 cm³/mol. The van der Waals surface area contributed by atoms with E-state index in [0.717, 1.165) is 11.1 Å². The minimum absolute atomic E-state index is 0.134. The highest BCUT2D eigenvalue weighted by molar-refractivity contribution is 5.69. The van der Waals surface area contributed by atoms with Gasteiger partial charge in [0.2, 0.25) is 0 Å². The van der Waals surface area contributed by atoms with Gasteiger partial charge in [-0.15, -0.1) is 0 Å². The van der Waals surface area contributed by atoms with Crippen LogP contribution >= 0.6 is 0 Å². The van der Waals surface area contributed by atoms with Crippen molar-refractivity contribution >= 4 is 5.97 Å². The van der Waals surface area contributed by atoms with E-state index in [1.807, 2.05) is 54.6 Å². The molecule has 0 saturated heterocycles. The van der Waals surface area contributed by atoms with Crippen LogP contribution in [-0.2, 0) is 30.3 Å². The maximum absolute atomic E-state index is 11.8. The van der Waals surface area contributed by atoms with Crippen molar-refractivity contribution in [2.75, 3.05) is 13.2 Å². The molecule has 1 aromatic rings. The highest BCUT2D eigenvalue weighted by atomic mass is 16.7. The van der Waals surface area contributed by atoms with Crippen molar-refractivity contribution in [2.24, 2.45) is 0 Å². The summed E-state index contributed by atoms with van der Waals surface area (Å²) in [6, 6.07) is 9.89. The van der Waals surface area contributed by atoms with E-state index in [1.54, 1.807) is 0 Å². The maximum Gasteiger partial charge on any atom is 0.306 e. The van der Waals surface area contributed by atoms with Crippen LogP contribution < -0.4 is 0 Å². The smallest absolute Gasteiger partial charge is 0.306 e. The molecule has 2 aliphatic rings. The summed E-state index contributed by atoms with van der Waals surface area (Å²) >= 11 is 0. The number of esters is 1. The van der Waals surface area contributed by atoms with Crippen LogP contribution in [0, 0.1) is 0 Å². The van der Waals surface area contributed by atoms with Crippen LogP contribution in [0.5, 0.6) is 0 Å². The van der Waals surface area contributed by atoms with E-state index in [0.29, 0.717) is 26.1 Å². The molecule has 26 heavy (non-hydrogen) atoms. The lowest BCUT2D eigenvalue weighted by Gasteiger charge is -2.32. The largest absolute Gasteiger partial charge is 0.463 e. The van der Waals surface area contributed by atoms with E-state index in [-0.39, 0.29) is 18.7 Å². The Balaban J connectivity index is 1.62. The SMILES string of the molecule is C=C1/C=C\CCC(=O)OC[C@H]2O[C@H](OCc3ccccc3)C=C[C@@H]2OC1.